The summed E-state index contributed by atoms with van der Waals surface area (Å²) in [5.41, 5.74) is 1.05. The second-order valence-corrected chi connectivity index (χ2v) is 4.45. The van der Waals surface area contributed by atoms with E-state index in [1.807, 2.05) is 32.4 Å². The third kappa shape index (κ3) is 3.18. The molecule has 1 aromatic rings. The van der Waals surface area contributed by atoms with Crippen LogP contribution in [0.1, 0.15) is 12.1 Å². The zero-order valence-corrected chi connectivity index (χ0v) is 9.94. The molecule has 1 atom stereocenters. The molecule has 88 valence electrons. The van der Waals surface area contributed by atoms with E-state index in [9.17, 15) is 0 Å². The molecule has 1 N–H and O–H groups in total. The molecular weight excluding hydrogens is 202 g/mol. The standard InChI is InChI=1S/C12H19N3O/c1-15(2)9-10-7-11(4-6-14-10)16-12-3-5-13-8-12/h4,6-7,12-13H,3,5,8-9H2,1-2H3. The Labute approximate surface area is 96.6 Å². The van der Waals surface area contributed by atoms with E-state index in [4.69, 9.17) is 4.74 Å². The molecule has 16 heavy (non-hydrogen) atoms. The van der Waals surface area contributed by atoms with Crippen molar-refractivity contribution in [3.8, 4) is 5.75 Å². The predicted molar refractivity (Wildman–Crippen MR) is 63.5 cm³/mol. The fourth-order valence-electron chi connectivity index (χ4n) is 1.86. The predicted octanol–water partition coefficient (Wildman–Crippen LogP) is 0.884. The summed E-state index contributed by atoms with van der Waals surface area (Å²) in [5, 5.41) is 3.29. The van der Waals surface area contributed by atoms with E-state index >= 15 is 0 Å². The average molecular weight is 221 g/mol. The lowest BCUT2D eigenvalue weighted by molar-refractivity contribution is 0.222. The molecule has 0 saturated carbocycles. The average Bonchev–Trinajstić information content (AvgIpc) is 2.70. The summed E-state index contributed by atoms with van der Waals surface area (Å²) in [4.78, 5) is 6.42. The van der Waals surface area contributed by atoms with Gasteiger partial charge in [0.05, 0.1) is 5.69 Å². The summed E-state index contributed by atoms with van der Waals surface area (Å²) in [5.74, 6) is 0.931. The molecule has 2 rings (SSSR count). The molecule has 4 heteroatoms. The van der Waals surface area contributed by atoms with E-state index in [1.165, 1.54) is 0 Å². The lowest BCUT2D eigenvalue weighted by atomic mass is 10.3. The van der Waals surface area contributed by atoms with Crippen LogP contribution in [0.5, 0.6) is 5.75 Å². The second kappa shape index (κ2) is 5.27. The van der Waals surface area contributed by atoms with Gasteiger partial charge in [0.25, 0.3) is 0 Å². The third-order valence-corrected chi connectivity index (χ3v) is 2.58. The maximum atomic E-state index is 5.88. The van der Waals surface area contributed by atoms with Crippen molar-refractivity contribution in [2.75, 3.05) is 27.2 Å². The molecule has 0 spiro atoms. The fraction of sp³-hybridized carbons (Fsp3) is 0.583. The minimum Gasteiger partial charge on any atom is -0.489 e. The first-order chi connectivity index (χ1) is 7.74. The molecular formula is C12H19N3O. The molecule has 1 aromatic heterocycles. The summed E-state index contributed by atoms with van der Waals surface area (Å²) >= 11 is 0. The van der Waals surface area contributed by atoms with Crippen LogP contribution in [0.4, 0.5) is 0 Å². The van der Waals surface area contributed by atoms with Crippen molar-refractivity contribution in [1.29, 1.82) is 0 Å². The normalized spacial score (nSPS) is 20.3. The zero-order valence-electron chi connectivity index (χ0n) is 9.94. The monoisotopic (exact) mass is 221 g/mol. The highest BCUT2D eigenvalue weighted by molar-refractivity contribution is 5.23. The van der Waals surface area contributed by atoms with E-state index in [0.717, 1.165) is 37.5 Å². The second-order valence-electron chi connectivity index (χ2n) is 4.45. The Hall–Kier alpha value is -1.13. The number of aromatic nitrogens is 1. The van der Waals surface area contributed by atoms with E-state index < -0.39 is 0 Å². The van der Waals surface area contributed by atoms with Gasteiger partial charge in [0.15, 0.2) is 0 Å². The molecule has 1 fully saturated rings. The summed E-state index contributed by atoms with van der Waals surface area (Å²) in [7, 11) is 4.08. The molecule has 1 aliphatic heterocycles. The lowest BCUT2D eigenvalue weighted by Gasteiger charge is -2.14. The number of hydrogen-bond acceptors (Lipinski definition) is 4. The Morgan fingerprint density at radius 1 is 1.56 bits per heavy atom. The zero-order chi connectivity index (χ0) is 11.4. The van der Waals surface area contributed by atoms with Crippen molar-refractivity contribution in [3.05, 3.63) is 24.0 Å². The van der Waals surface area contributed by atoms with Gasteiger partial charge in [-0.05, 0) is 33.1 Å². The van der Waals surface area contributed by atoms with E-state index in [0.29, 0.717) is 6.10 Å². The quantitative estimate of drug-likeness (QED) is 0.819. The highest BCUT2D eigenvalue weighted by atomic mass is 16.5. The van der Waals surface area contributed by atoms with Gasteiger partial charge in [0.2, 0.25) is 0 Å². The van der Waals surface area contributed by atoms with E-state index in [1.54, 1.807) is 0 Å². The van der Waals surface area contributed by atoms with E-state index in [-0.39, 0.29) is 0 Å². The first-order valence-electron chi connectivity index (χ1n) is 5.71. The molecule has 1 saturated heterocycles. The van der Waals surface area contributed by atoms with Crippen molar-refractivity contribution in [3.63, 3.8) is 0 Å². The number of nitrogens with one attached hydrogen (secondary N) is 1. The van der Waals surface area contributed by atoms with Crippen molar-refractivity contribution in [2.24, 2.45) is 0 Å². The Balaban J connectivity index is 1.97. The minimum atomic E-state index is 0.314. The van der Waals surface area contributed by atoms with Crippen molar-refractivity contribution < 1.29 is 4.74 Å². The first kappa shape index (κ1) is 11.4. The molecule has 0 aliphatic carbocycles. The maximum absolute atomic E-state index is 5.88. The topological polar surface area (TPSA) is 37.4 Å². The van der Waals surface area contributed by atoms with Crippen LogP contribution in [0.3, 0.4) is 0 Å². The molecule has 1 unspecified atom stereocenters. The van der Waals surface area contributed by atoms with Crippen molar-refractivity contribution >= 4 is 0 Å². The molecule has 0 aromatic carbocycles. The van der Waals surface area contributed by atoms with Gasteiger partial charge in [-0.3, -0.25) is 4.98 Å². The smallest absolute Gasteiger partial charge is 0.123 e. The van der Waals surface area contributed by atoms with Gasteiger partial charge in [-0.2, -0.15) is 0 Å². The summed E-state index contributed by atoms with van der Waals surface area (Å²) in [6.07, 6.45) is 3.22. The van der Waals surface area contributed by atoms with Crippen LogP contribution in [-0.4, -0.2) is 43.2 Å². The van der Waals surface area contributed by atoms with Gasteiger partial charge in [-0.1, -0.05) is 0 Å². The molecule has 0 amide bonds. The van der Waals surface area contributed by atoms with Crippen LogP contribution >= 0.6 is 0 Å². The van der Waals surface area contributed by atoms with E-state index in [2.05, 4.69) is 15.2 Å². The van der Waals surface area contributed by atoms with Gasteiger partial charge in [0.1, 0.15) is 11.9 Å². The van der Waals surface area contributed by atoms with Gasteiger partial charge in [-0.15, -0.1) is 0 Å². The SMILES string of the molecule is CN(C)Cc1cc(OC2CCNC2)ccn1. The number of hydrogen-bond donors (Lipinski definition) is 1. The maximum Gasteiger partial charge on any atom is 0.123 e. The first-order valence-corrected chi connectivity index (χ1v) is 5.71. The fourth-order valence-corrected chi connectivity index (χ4v) is 1.86. The Kier molecular flexibility index (Phi) is 3.74. The van der Waals surface area contributed by atoms with Crippen LogP contribution in [0.2, 0.25) is 0 Å². The highest BCUT2D eigenvalue weighted by Gasteiger charge is 2.15. The molecule has 1 aliphatic rings. The van der Waals surface area contributed by atoms with Crippen LogP contribution in [0.15, 0.2) is 18.3 Å². The molecule has 2 heterocycles. The minimum absolute atomic E-state index is 0.314. The Morgan fingerprint density at radius 2 is 2.44 bits per heavy atom. The Bertz CT molecular complexity index is 335. The van der Waals surface area contributed by atoms with Crippen LogP contribution < -0.4 is 10.1 Å². The third-order valence-electron chi connectivity index (χ3n) is 2.58. The van der Waals surface area contributed by atoms with Crippen molar-refractivity contribution in [1.82, 2.24) is 15.2 Å². The van der Waals surface area contributed by atoms with Crippen LogP contribution in [0.25, 0.3) is 0 Å². The molecule has 0 radical (unpaired) electrons. The summed E-state index contributed by atoms with van der Waals surface area (Å²) in [6, 6.07) is 3.95. The lowest BCUT2D eigenvalue weighted by Crippen LogP contribution is -2.19. The van der Waals surface area contributed by atoms with Gasteiger partial charge in [-0.25, -0.2) is 0 Å². The highest BCUT2D eigenvalue weighted by Crippen LogP contribution is 2.15. The number of ether oxygens (including phenoxy) is 1. The van der Waals surface area contributed by atoms with Crippen LogP contribution in [0, 0.1) is 0 Å². The molecule has 0 bridgehead atoms. The summed E-state index contributed by atoms with van der Waals surface area (Å²) in [6.45, 7) is 2.85. The number of nitrogens with zero attached hydrogens (tertiary/aromatic N) is 2. The van der Waals surface area contributed by atoms with Crippen molar-refractivity contribution in [2.45, 2.75) is 19.1 Å². The van der Waals surface area contributed by atoms with Gasteiger partial charge < -0.3 is 15.0 Å². The largest absolute Gasteiger partial charge is 0.489 e. The number of pyridine rings is 1. The summed E-state index contributed by atoms with van der Waals surface area (Å²) < 4.78 is 5.88. The van der Waals surface area contributed by atoms with Gasteiger partial charge in [0, 0.05) is 25.4 Å². The Morgan fingerprint density at radius 3 is 3.12 bits per heavy atom. The molecule has 4 nitrogen and oxygen atoms in total. The van der Waals surface area contributed by atoms with Crippen LogP contribution in [-0.2, 0) is 6.54 Å². The van der Waals surface area contributed by atoms with Gasteiger partial charge >= 0.3 is 0 Å². The number of rotatable bonds is 4.